The van der Waals surface area contributed by atoms with Crippen molar-refractivity contribution in [2.24, 2.45) is 0 Å². The van der Waals surface area contributed by atoms with Gasteiger partial charge in [0.1, 0.15) is 5.69 Å². The predicted octanol–water partition coefficient (Wildman–Crippen LogP) is 3.75. The van der Waals surface area contributed by atoms with Crippen molar-refractivity contribution in [2.75, 3.05) is 26.4 Å². The van der Waals surface area contributed by atoms with Gasteiger partial charge in [-0.15, -0.1) is 5.10 Å². The lowest BCUT2D eigenvalue weighted by molar-refractivity contribution is -0.386. The molecule has 2 fully saturated rings. The van der Waals surface area contributed by atoms with Gasteiger partial charge in [-0.25, -0.2) is 0 Å². The van der Waals surface area contributed by atoms with Crippen molar-refractivity contribution in [3.63, 3.8) is 0 Å². The lowest BCUT2D eigenvalue weighted by Crippen LogP contribution is -2.22. The van der Waals surface area contributed by atoms with Crippen molar-refractivity contribution in [3.8, 4) is 5.88 Å². The van der Waals surface area contributed by atoms with Crippen LogP contribution in [-0.2, 0) is 9.26 Å². The summed E-state index contributed by atoms with van der Waals surface area (Å²) in [6.45, 7) is 2.72. The van der Waals surface area contributed by atoms with E-state index >= 15 is 0 Å². The van der Waals surface area contributed by atoms with E-state index in [1.54, 1.807) is 0 Å². The van der Waals surface area contributed by atoms with Gasteiger partial charge < -0.3 is 14.0 Å². The molecule has 8 nitrogen and oxygen atoms in total. The van der Waals surface area contributed by atoms with Crippen LogP contribution < -0.4 is 4.74 Å². The maximum Gasteiger partial charge on any atom is 0.353 e. The molecule has 1 atom stereocenters. The van der Waals surface area contributed by atoms with Crippen LogP contribution in [0, 0.1) is 10.1 Å². The average Bonchev–Trinajstić information content (AvgIpc) is 3.36. The highest BCUT2D eigenvalue weighted by Crippen LogP contribution is 2.48. The molecule has 2 aliphatic rings. The molecule has 0 spiro atoms. The van der Waals surface area contributed by atoms with E-state index in [0.717, 1.165) is 31.4 Å². The molecular formula is C14H21IN3O5P. The van der Waals surface area contributed by atoms with E-state index in [1.165, 1.54) is 0 Å². The molecule has 0 bridgehead atoms. The first-order chi connectivity index (χ1) is 11.7. The summed E-state index contributed by atoms with van der Waals surface area (Å²) in [6, 6.07) is 0.161. The van der Waals surface area contributed by atoms with E-state index in [9.17, 15) is 10.1 Å². The number of halogens is 1. The Balaban J connectivity index is 1.80. The number of rotatable bonds is 9. The Hall–Kier alpha value is -0.510. The molecule has 0 N–H and O–H groups in total. The SMILES string of the molecule is O=[N+]([O-])c1c(OCCCOPI)nn(C2CCOCC2)c1C1CC1. The van der Waals surface area contributed by atoms with E-state index in [4.69, 9.17) is 14.0 Å². The molecule has 1 saturated heterocycles. The van der Waals surface area contributed by atoms with Crippen molar-refractivity contribution < 1.29 is 18.9 Å². The van der Waals surface area contributed by atoms with Crippen molar-refractivity contribution in [1.82, 2.24) is 9.78 Å². The molecule has 3 rings (SSSR count). The third-order valence-electron chi connectivity index (χ3n) is 4.26. The summed E-state index contributed by atoms with van der Waals surface area (Å²) in [6.07, 6.45) is 4.33. The van der Waals surface area contributed by atoms with Gasteiger partial charge in [-0.3, -0.25) is 14.8 Å². The van der Waals surface area contributed by atoms with Crippen LogP contribution in [0.25, 0.3) is 0 Å². The molecule has 1 saturated carbocycles. The van der Waals surface area contributed by atoms with Crippen LogP contribution in [0.3, 0.4) is 0 Å². The minimum absolute atomic E-state index is 0.0562. The molecule has 1 aromatic heterocycles. The molecule has 1 aromatic rings. The highest BCUT2D eigenvalue weighted by molar-refractivity contribution is 14.2. The van der Waals surface area contributed by atoms with Gasteiger partial charge in [0.15, 0.2) is 0 Å². The van der Waals surface area contributed by atoms with Gasteiger partial charge >= 0.3 is 11.6 Å². The van der Waals surface area contributed by atoms with Crippen molar-refractivity contribution >= 4 is 34.2 Å². The van der Waals surface area contributed by atoms with Gasteiger partial charge in [0.25, 0.3) is 0 Å². The Morgan fingerprint density at radius 2 is 2.08 bits per heavy atom. The van der Waals surface area contributed by atoms with E-state index in [-0.39, 0.29) is 28.5 Å². The Labute approximate surface area is 155 Å². The van der Waals surface area contributed by atoms with Crippen LogP contribution in [0.5, 0.6) is 5.88 Å². The molecule has 24 heavy (non-hydrogen) atoms. The van der Waals surface area contributed by atoms with Gasteiger partial charge in [-0.1, -0.05) is 0 Å². The second-order valence-corrected chi connectivity index (χ2v) is 7.75. The summed E-state index contributed by atoms with van der Waals surface area (Å²) < 4.78 is 18.2. The zero-order valence-corrected chi connectivity index (χ0v) is 16.4. The number of ether oxygens (including phenoxy) is 2. The fraction of sp³-hybridized carbons (Fsp3) is 0.786. The topological polar surface area (TPSA) is 88.7 Å². The molecule has 10 heteroatoms. The van der Waals surface area contributed by atoms with Crippen LogP contribution in [0.15, 0.2) is 0 Å². The van der Waals surface area contributed by atoms with E-state index < -0.39 is 0 Å². The highest BCUT2D eigenvalue weighted by atomic mass is 127. The van der Waals surface area contributed by atoms with E-state index in [1.807, 2.05) is 4.68 Å². The molecule has 2 heterocycles. The van der Waals surface area contributed by atoms with Crippen LogP contribution >= 0.6 is 28.5 Å². The second-order valence-electron chi connectivity index (χ2n) is 5.99. The van der Waals surface area contributed by atoms with E-state index in [2.05, 4.69) is 27.1 Å². The number of hydrogen-bond acceptors (Lipinski definition) is 6. The first-order valence-corrected chi connectivity index (χ1v) is 12.2. The molecule has 1 unspecified atom stereocenters. The first-order valence-electron chi connectivity index (χ1n) is 8.17. The average molecular weight is 469 g/mol. The largest absolute Gasteiger partial charge is 0.472 e. The maximum absolute atomic E-state index is 11.6. The Morgan fingerprint density at radius 1 is 1.33 bits per heavy atom. The molecule has 1 aliphatic heterocycles. The summed E-state index contributed by atoms with van der Waals surface area (Å²) in [5.74, 6) is 0.395. The summed E-state index contributed by atoms with van der Waals surface area (Å²) in [5.41, 5.74) is 0.799. The molecular weight excluding hydrogens is 448 g/mol. The summed E-state index contributed by atoms with van der Waals surface area (Å²) in [5, 5.41) is 16.1. The van der Waals surface area contributed by atoms with Gasteiger partial charge in [-0.2, -0.15) is 0 Å². The monoisotopic (exact) mass is 469 g/mol. The number of aromatic nitrogens is 2. The van der Waals surface area contributed by atoms with Gasteiger partial charge in [0.05, 0.1) is 30.6 Å². The lowest BCUT2D eigenvalue weighted by atomic mass is 10.1. The number of hydrogen-bond donors (Lipinski definition) is 0. The molecule has 134 valence electrons. The van der Waals surface area contributed by atoms with Gasteiger partial charge in [-0.05, 0) is 47.7 Å². The van der Waals surface area contributed by atoms with Crippen LogP contribution in [0.2, 0.25) is 0 Å². The standard InChI is InChI=1S/C14H21IN3O5P/c15-24-23-7-1-6-22-14-13(18(19)20)12(10-2-3-10)17(16-14)11-4-8-21-9-5-11/h10-11,24H,1-9H2. The summed E-state index contributed by atoms with van der Waals surface area (Å²) in [7, 11) is 0. The smallest absolute Gasteiger partial charge is 0.353 e. The fourth-order valence-electron chi connectivity index (χ4n) is 2.97. The fourth-order valence-corrected chi connectivity index (χ4v) is 3.85. The molecule has 1 aliphatic carbocycles. The first kappa shape index (κ1) is 18.3. The van der Waals surface area contributed by atoms with Crippen LogP contribution in [0.1, 0.15) is 49.8 Å². The molecule has 0 radical (unpaired) electrons. The number of nitrogens with zero attached hydrogens (tertiary/aromatic N) is 3. The normalized spacial score (nSPS) is 19.2. The van der Waals surface area contributed by atoms with E-state index in [0.29, 0.717) is 39.3 Å². The van der Waals surface area contributed by atoms with Gasteiger partial charge in [0, 0.05) is 25.6 Å². The third-order valence-corrected chi connectivity index (χ3v) is 5.51. The highest BCUT2D eigenvalue weighted by Gasteiger charge is 2.41. The molecule has 0 aromatic carbocycles. The van der Waals surface area contributed by atoms with Crippen LogP contribution in [0.4, 0.5) is 5.69 Å². The Bertz CT molecular complexity index is 575. The third kappa shape index (κ3) is 4.36. The second kappa shape index (κ2) is 8.73. The minimum atomic E-state index is -0.339. The van der Waals surface area contributed by atoms with Crippen LogP contribution in [-0.4, -0.2) is 41.1 Å². The summed E-state index contributed by atoms with van der Waals surface area (Å²) >= 11 is 2.16. The maximum atomic E-state index is 11.6. The number of nitro groups is 1. The zero-order chi connectivity index (χ0) is 16.9. The molecule has 0 amide bonds. The predicted molar refractivity (Wildman–Crippen MR) is 98.3 cm³/mol. The Morgan fingerprint density at radius 3 is 2.71 bits per heavy atom. The summed E-state index contributed by atoms with van der Waals surface area (Å²) in [4.78, 5) is 11.3. The Kier molecular flexibility index (Phi) is 6.65. The minimum Gasteiger partial charge on any atom is -0.472 e. The van der Waals surface area contributed by atoms with Crippen molar-refractivity contribution in [3.05, 3.63) is 15.8 Å². The quantitative estimate of drug-likeness (QED) is 0.180. The van der Waals surface area contributed by atoms with Crippen molar-refractivity contribution in [2.45, 2.75) is 44.1 Å². The van der Waals surface area contributed by atoms with Crippen molar-refractivity contribution in [1.29, 1.82) is 0 Å². The lowest BCUT2D eigenvalue weighted by Gasteiger charge is -2.23. The van der Waals surface area contributed by atoms with Gasteiger partial charge in [0.2, 0.25) is 0 Å². The zero-order valence-electron chi connectivity index (χ0n) is 13.3.